The normalized spacial score (nSPS) is 10.2. The number of hydrogen-bond donors (Lipinski definition) is 0. The summed E-state index contributed by atoms with van der Waals surface area (Å²) in [6.45, 7) is 0. The molecule has 0 heterocycles. The van der Waals surface area contributed by atoms with Gasteiger partial charge in [0.25, 0.3) is 0 Å². The molecule has 0 aromatic heterocycles. The highest BCUT2D eigenvalue weighted by Crippen LogP contribution is 2.35. The van der Waals surface area contributed by atoms with E-state index < -0.39 is 0 Å². The highest BCUT2D eigenvalue weighted by atomic mass is 79.9. The summed E-state index contributed by atoms with van der Waals surface area (Å²) in [5.74, 6) is 0. The first kappa shape index (κ1) is 29.9. The zero-order valence-corrected chi connectivity index (χ0v) is 29.1. The summed E-state index contributed by atoms with van der Waals surface area (Å²) in [5.41, 5.74) is 4.71. The molecule has 0 atom stereocenters. The summed E-state index contributed by atoms with van der Waals surface area (Å²) in [7, 11) is 0. The average Bonchev–Trinajstić information content (AvgIpc) is 2.73. The zero-order valence-electron chi connectivity index (χ0n) is 16.5. The van der Waals surface area contributed by atoms with Crippen LogP contribution in [0.15, 0.2) is 109 Å². The molecule has 0 aliphatic carbocycles. The van der Waals surface area contributed by atoms with Gasteiger partial charge in [0.2, 0.25) is 0 Å². The van der Waals surface area contributed by atoms with Crippen molar-refractivity contribution in [2.75, 3.05) is 0 Å². The lowest BCUT2D eigenvalue weighted by Gasteiger charge is -2.06. The summed E-state index contributed by atoms with van der Waals surface area (Å²) in [4.78, 5) is 0. The average molecular weight is 958 g/mol. The number of benzene rings is 4. The fourth-order valence-corrected chi connectivity index (χ4v) is 6.58. The lowest BCUT2D eigenvalue weighted by molar-refractivity contribution is 0.824. The highest BCUT2D eigenvalue weighted by Gasteiger charge is 2.07. The third-order valence-electron chi connectivity index (χ3n) is 4.32. The second kappa shape index (κ2) is 13.8. The van der Waals surface area contributed by atoms with E-state index in [4.69, 9.17) is 0 Å². The number of rotatable bonds is 2. The van der Waals surface area contributed by atoms with Crippen molar-refractivity contribution in [1.29, 1.82) is 0 Å². The van der Waals surface area contributed by atoms with Gasteiger partial charge in [-0.3, -0.25) is 0 Å². The van der Waals surface area contributed by atoms with Gasteiger partial charge in [0.05, 0.1) is 0 Å². The van der Waals surface area contributed by atoms with Crippen LogP contribution in [0.2, 0.25) is 0 Å². The van der Waals surface area contributed by atoms with Gasteiger partial charge in [0.15, 0.2) is 0 Å². The maximum absolute atomic E-state index is 3.57. The summed E-state index contributed by atoms with van der Waals surface area (Å²) >= 11 is 28.0. The van der Waals surface area contributed by atoms with E-state index >= 15 is 0 Å². The van der Waals surface area contributed by atoms with Crippen molar-refractivity contribution in [3.63, 3.8) is 0 Å². The zero-order chi connectivity index (χ0) is 23.4. The Bertz CT molecular complexity index is 1170. The lowest BCUT2D eigenvalue weighted by atomic mass is 10.1. The van der Waals surface area contributed by atoms with Crippen LogP contribution < -0.4 is 0 Å². The van der Waals surface area contributed by atoms with Crippen LogP contribution in [-0.2, 0) is 0 Å². The molecule has 0 unspecified atom stereocenters. The summed E-state index contributed by atoms with van der Waals surface area (Å²) in [6.07, 6.45) is 0. The molecule has 9 heteroatoms. The lowest BCUT2D eigenvalue weighted by Crippen LogP contribution is -1.81. The van der Waals surface area contributed by atoms with Crippen molar-refractivity contribution in [3.05, 3.63) is 109 Å². The molecule has 0 amide bonds. The molecule has 1 nitrogen and oxygen atoms in total. The SMILES string of the molecule is Brc1ccc(-c2ccc(Br)c(Br)c2)c(Br)c1.Brc1ccc(-c2ccc(Br)c(Br)c2)c(Br)c1.O. The van der Waals surface area contributed by atoms with Crippen LogP contribution in [0.1, 0.15) is 0 Å². The Labute approximate surface area is 260 Å². The van der Waals surface area contributed by atoms with Gasteiger partial charge in [-0.25, -0.2) is 0 Å². The van der Waals surface area contributed by atoms with Gasteiger partial charge in [0.1, 0.15) is 0 Å². The van der Waals surface area contributed by atoms with Gasteiger partial charge in [0, 0.05) is 35.8 Å². The monoisotopic (exact) mass is 949 g/mol. The van der Waals surface area contributed by atoms with E-state index in [0.717, 1.165) is 35.8 Å². The first-order valence-electron chi connectivity index (χ1n) is 8.96. The molecule has 0 aliphatic rings. The van der Waals surface area contributed by atoms with E-state index in [-0.39, 0.29) is 5.48 Å². The molecular formula is C24H14Br8O. The standard InChI is InChI=1S/2C12H6Br4.H2O/c2*13-8-2-3-9(11(15)6-8)7-1-4-10(14)12(16)5-7;/h2*1-6H;1H2. The molecule has 0 saturated heterocycles. The minimum Gasteiger partial charge on any atom is -0.412 e. The minimum atomic E-state index is 0. The summed E-state index contributed by atoms with van der Waals surface area (Å²) in [5, 5.41) is 0. The second-order valence-electron chi connectivity index (χ2n) is 6.51. The fraction of sp³-hybridized carbons (Fsp3) is 0. The molecule has 0 aliphatic heterocycles. The third kappa shape index (κ3) is 8.35. The molecule has 0 radical (unpaired) electrons. The third-order valence-corrected chi connectivity index (χ3v) is 10.4. The van der Waals surface area contributed by atoms with Gasteiger partial charge >= 0.3 is 0 Å². The van der Waals surface area contributed by atoms with Gasteiger partial charge in [-0.15, -0.1) is 0 Å². The quantitative estimate of drug-likeness (QED) is 0.192. The van der Waals surface area contributed by atoms with Gasteiger partial charge in [-0.05, 0) is 135 Å². The Hall–Kier alpha value is 0.680. The molecule has 4 rings (SSSR count). The molecular weight excluding hydrogens is 943 g/mol. The molecule has 4 aromatic carbocycles. The van der Waals surface area contributed by atoms with Crippen molar-refractivity contribution in [2.24, 2.45) is 0 Å². The Morgan fingerprint density at radius 3 is 1.00 bits per heavy atom. The number of halogens is 8. The van der Waals surface area contributed by atoms with E-state index in [1.54, 1.807) is 0 Å². The first-order chi connectivity index (χ1) is 15.2. The first-order valence-corrected chi connectivity index (χ1v) is 15.3. The smallest absolute Gasteiger partial charge is 0.0323 e. The van der Waals surface area contributed by atoms with Crippen molar-refractivity contribution in [3.8, 4) is 22.3 Å². The molecule has 4 aromatic rings. The number of hydrogen-bond acceptors (Lipinski definition) is 0. The maximum atomic E-state index is 3.57. The van der Waals surface area contributed by atoms with Crippen LogP contribution in [0, 0.1) is 0 Å². The van der Waals surface area contributed by atoms with Crippen LogP contribution in [0.5, 0.6) is 0 Å². The van der Waals surface area contributed by atoms with Crippen molar-refractivity contribution in [2.45, 2.75) is 0 Å². The molecule has 0 bridgehead atoms. The largest absolute Gasteiger partial charge is 0.412 e. The highest BCUT2D eigenvalue weighted by molar-refractivity contribution is 9.13. The molecule has 33 heavy (non-hydrogen) atoms. The van der Waals surface area contributed by atoms with E-state index in [1.165, 1.54) is 22.3 Å². The van der Waals surface area contributed by atoms with E-state index in [0.29, 0.717) is 0 Å². The Kier molecular flexibility index (Phi) is 12.5. The Balaban J connectivity index is 0.000000227. The minimum absolute atomic E-state index is 0. The Morgan fingerprint density at radius 2 is 0.697 bits per heavy atom. The van der Waals surface area contributed by atoms with Crippen LogP contribution in [0.25, 0.3) is 22.3 Å². The predicted molar refractivity (Wildman–Crippen MR) is 169 cm³/mol. The van der Waals surface area contributed by atoms with Crippen LogP contribution in [0.4, 0.5) is 0 Å². The van der Waals surface area contributed by atoms with Gasteiger partial charge in [-0.1, -0.05) is 88.0 Å². The summed E-state index contributed by atoms with van der Waals surface area (Å²) < 4.78 is 8.53. The Morgan fingerprint density at radius 1 is 0.333 bits per heavy atom. The molecule has 172 valence electrons. The van der Waals surface area contributed by atoms with Gasteiger partial charge in [-0.2, -0.15) is 0 Å². The van der Waals surface area contributed by atoms with Crippen molar-refractivity contribution in [1.82, 2.24) is 0 Å². The van der Waals surface area contributed by atoms with Crippen LogP contribution >= 0.6 is 127 Å². The van der Waals surface area contributed by atoms with Crippen molar-refractivity contribution >= 4 is 127 Å². The predicted octanol–water partition coefficient (Wildman–Crippen LogP) is 12.0. The van der Waals surface area contributed by atoms with E-state index in [9.17, 15) is 0 Å². The second-order valence-corrected chi connectivity index (χ2v) is 13.5. The van der Waals surface area contributed by atoms with Crippen LogP contribution in [-0.4, -0.2) is 5.48 Å². The molecule has 2 N–H and O–H groups in total. The molecule has 0 fully saturated rings. The van der Waals surface area contributed by atoms with Gasteiger partial charge < -0.3 is 5.48 Å². The fourth-order valence-electron chi connectivity index (χ4n) is 2.77. The topological polar surface area (TPSA) is 31.5 Å². The summed E-state index contributed by atoms with van der Waals surface area (Å²) in [6, 6.07) is 24.8. The molecule has 0 spiro atoms. The van der Waals surface area contributed by atoms with Crippen LogP contribution in [0.3, 0.4) is 0 Å². The van der Waals surface area contributed by atoms with E-state index in [1.807, 2.05) is 36.4 Å². The maximum Gasteiger partial charge on any atom is 0.0323 e. The van der Waals surface area contributed by atoms with E-state index in [2.05, 4.69) is 164 Å². The molecule has 0 saturated carbocycles. The van der Waals surface area contributed by atoms with Crippen molar-refractivity contribution < 1.29 is 5.48 Å².